The van der Waals surface area contributed by atoms with Gasteiger partial charge in [-0.05, 0) is 49.3 Å². The minimum Gasteiger partial charge on any atom is -0.356 e. The predicted molar refractivity (Wildman–Crippen MR) is 86.6 cm³/mol. The third-order valence-corrected chi connectivity index (χ3v) is 4.86. The Balaban J connectivity index is 1.96. The number of alkyl halides is 2. The molecule has 120 valence electrons. The standard InChI is InChI=1S/C18H24F2N2/c1-3-13(2)15-12-14-6-4-7-16(14)21-17(15)22-10-5-8-18(19,20)9-11-22/h12H,2-11H2,1H3. The fourth-order valence-corrected chi connectivity index (χ4v) is 3.43. The fraction of sp³-hybridized carbons (Fsp3) is 0.611. The van der Waals surface area contributed by atoms with Crippen LogP contribution in [-0.4, -0.2) is 24.0 Å². The van der Waals surface area contributed by atoms with E-state index >= 15 is 0 Å². The van der Waals surface area contributed by atoms with Gasteiger partial charge >= 0.3 is 0 Å². The third kappa shape index (κ3) is 3.01. The van der Waals surface area contributed by atoms with Crippen LogP contribution in [0.15, 0.2) is 12.6 Å². The average molecular weight is 306 g/mol. The van der Waals surface area contributed by atoms with Crippen molar-refractivity contribution in [2.45, 2.75) is 57.8 Å². The van der Waals surface area contributed by atoms with E-state index in [-0.39, 0.29) is 12.8 Å². The molecule has 1 aromatic heterocycles. The lowest BCUT2D eigenvalue weighted by atomic mass is 10.0. The van der Waals surface area contributed by atoms with Gasteiger partial charge in [-0.1, -0.05) is 13.5 Å². The van der Waals surface area contributed by atoms with Crippen LogP contribution in [0.1, 0.15) is 55.8 Å². The molecule has 1 saturated heterocycles. The number of aryl methyl sites for hydroxylation is 2. The molecule has 0 radical (unpaired) electrons. The van der Waals surface area contributed by atoms with Crippen LogP contribution in [0.3, 0.4) is 0 Å². The maximum Gasteiger partial charge on any atom is 0.249 e. The molecular weight excluding hydrogens is 282 g/mol. The van der Waals surface area contributed by atoms with E-state index in [1.54, 1.807) is 0 Å². The monoisotopic (exact) mass is 306 g/mol. The zero-order valence-corrected chi connectivity index (χ0v) is 13.3. The summed E-state index contributed by atoms with van der Waals surface area (Å²) < 4.78 is 27.3. The Bertz CT molecular complexity index is 581. The van der Waals surface area contributed by atoms with Crippen molar-refractivity contribution in [2.24, 2.45) is 0 Å². The van der Waals surface area contributed by atoms with Crippen LogP contribution in [-0.2, 0) is 12.8 Å². The Morgan fingerprint density at radius 2 is 2.09 bits per heavy atom. The highest BCUT2D eigenvalue weighted by atomic mass is 19.3. The van der Waals surface area contributed by atoms with E-state index in [9.17, 15) is 8.78 Å². The van der Waals surface area contributed by atoms with Gasteiger partial charge in [0.1, 0.15) is 5.82 Å². The summed E-state index contributed by atoms with van der Waals surface area (Å²) in [5, 5.41) is 0. The molecule has 0 bridgehead atoms. The summed E-state index contributed by atoms with van der Waals surface area (Å²) in [6.45, 7) is 7.28. The van der Waals surface area contributed by atoms with Gasteiger partial charge in [0.05, 0.1) is 0 Å². The van der Waals surface area contributed by atoms with Gasteiger partial charge in [-0.2, -0.15) is 0 Å². The second-order valence-electron chi connectivity index (χ2n) is 6.47. The van der Waals surface area contributed by atoms with Crippen LogP contribution in [0.2, 0.25) is 0 Å². The summed E-state index contributed by atoms with van der Waals surface area (Å²) in [7, 11) is 0. The number of fused-ring (bicyclic) bond motifs is 1. The van der Waals surface area contributed by atoms with Crippen molar-refractivity contribution in [2.75, 3.05) is 18.0 Å². The van der Waals surface area contributed by atoms with Crippen molar-refractivity contribution in [3.63, 3.8) is 0 Å². The Hall–Kier alpha value is -1.45. The third-order valence-electron chi connectivity index (χ3n) is 4.86. The molecule has 2 heterocycles. The van der Waals surface area contributed by atoms with Gasteiger partial charge in [-0.3, -0.25) is 0 Å². The van der Waals surface area contributed by atoms with Gasteiger partial charge in [0.25, 0.3) is 0 Å². The Morgan fingerprint density at radius 1 is 1.27 bits per heavy atom. The number of hydrogen-bond acceptors (Lipinski definition) is 2. The number of aromatic nitrogens is 1. The molecule has 1 aliphatic heterocycles. The van der Waals surface area contributed by atoms with Crippen LogP contribution >= 0.6 is 0 Å². The molecule has 1 fully saturated rings. The first-order valence-electron chi connectivity index (χ1n) is 8.34. The molecule has 4 heteroatoms. The molecule has 2 nitrogen and oxygen atoms in total. The van der Waals surface area contributed by atoms with E-state index in [1.807, 2.05) is 0 Å². The first kappa shape index (κ1) is 15.4. The highest BCUT2D eigenvalue weighted by Gasteiger charge is 2.33. The molecule has 0 spiro atoms. The molecule has 22 heavy (non-hydrogen) atoms. The van der Waals surface area contributed by atoms with Crippen molar-refractivity contribution in [3.05, 3.63) is 29.5 Å². The Labute approximate surface area is 131 Å². The van der Waals surface area contributed by atoms with Crippen molar-refractivity contribution < 1.29 is 8.78 Å². The van der Waals surface area contributed by atoms with Gasteiger partial charge in [-0.25, -0.2) is 13.8 Å². The maximum atomic E-state index is 13.6. The zero-order valence-electron chi connectivity index (χ0n) is 13.3. The lowest BCUT2D eigenvalue weighted by Gasteiger charge is -2.26. The first-order chi connectivity index (χ1) is 10.5. The topological polar surface area (TPSA) is 16.1 Å². The molecule has 1 aromatic rings. The summed E-state index contributed by atoms with van der Waals surface area (Å²) in [6, 6.07) is 2.21. The first-order valence-corrected chi connectivity index (χ1v) is 8.34. The summed E-state index contributed by atoms with van der Waals surface area (Å²) in [5.74, 6) is -1.65. The summed E-state index contributed by atoms with van der Waals surface area (Å²) in [6.07, 6.45) is 4.50. The molecule has 3 rings (SSSR count). The number of anilines is 1. The minimum absolute atomic E-state index is 0.0154. The van der Waals surface area contributed by atoms with Gasteiger partial charge in [0, 0.05) is 37.2 Å². The molecular formula is C18H24F2N2. The fourth-order valence-electron chi connectivity index (χ4n) is 3.43. The van der Waals surface area contributed by atoms with Crippen LogP contribution in [0, 0.1) is 0 Å². The summed E-state index contributed by atoms with van der Waals surface area (Å²) >= 11 is 0. The highest BCUT2D eigenvalue weighted by molar-refractivity contribution is 5.74. The predicted octanol–water partition coefficient (Wildman–Crippen LogP) is 4.62. The highest BCUT2D eigenvalue weighted by Crippen LogP contribution is 2.35. The number of pyridine rings is 1. The lowest BCUT2D eigenvalue weighted by molar-refractivity contribution is -0.0102. The molecule has 1 aliphatic carbocycles. The van der Waals surface area contributed by atoms with E-state index in [2.05, 4.69) is 24.5 Å². The average Bonchev–Trinajstić information content (AvgIpc) is 2.88. The SMILES string of the molecule is C=C(CC)c1cc2c(nc1N1CCCC(F)(F)CC1)CCC2. The van der Waals surface area contributed by atoms with Crippen LogP contribution in [0.25, 0.3) is 5.57 Å². The Kier molecular flexibility index (Phi) is 4.20. The smallest absolute Gasteiger partial charge is 0.249 e. The van der Waals surface area contributed by atoms with Gasteiger partial charge in [0.2, 0.25) is 5.92 Å². The van der Waals surface area contributed by atoms with Crippen molar-refractivity contribution in [3.8, 4) is 0 Å². The van der Waals surface area contributed by atoms with Gasteiger partial charge < -0.3 is 4.90 Å². The normalized spacial score (nSPS) is 20.6. The number of halogens is 2. The number of rotatable bonds is 3. The van der Waals surface area contributed by atoms with Crippen molar-refractivity contribution in [1.29, 1.82) is 0 Å². The molecule has 0 unspecified atom stereocenters. The molecule has 0 aromatic carbocycles. The second-order valence-corrected chi connectivity index (χ2v) is 6.47. The van der Waals surface area contributed by atoms with Crippen LogP contribution in [0.5, 0.6) is 0 Å². The zero-order chi connectivity index (χ0) is 15.7. The molecule has 0 amide bonds. The second kappa shape index (κ2) is 5.98. The number of hydrogen-bond donors (Lipinski definition) is 0. The Morgan fingerprint density at radius 3 is 2.86 bits per heavy atom. The van der Waals surface area contributed by atoms with Gasteiger partial charge in [0.15, 0.2) is 0 Å². The van der Waals surface area contributed by atoms with Crippen LogP contribution < -0.4 is 4.90 Å². The number of nitrogens with zero attached hydrogens (tertiary/aromatic N) is 2. The lowest BCUT2D eigenvalue weighted by Crippen LogP contribution is -2.28. The van der Waals surface area contributed by atoms with Gasteiger partial charge in [-0.15, -0.1) is 0 Å². The maximum absolute atomic E-state index is 13.6. The largest absolute Gasteiger partial charge is 0.356 e. The van der Waals surface area contributed by atoms with E-state index in [0.29, 0.717) is 19.5 Å². The molecule has 2 aliphatic rings. The van der Waals surface area contributed by atoms with E-state index < -0.39 is 5.92 Å². The minimum atomic E-state index is -2.53. The van der Waals surface area contributed by atoms with Crippen molar-refractivity contribution >= 4 is 11.4 Å². The summed E-state index contributed by atoms with van der Waals surface area (Å²) in [4.78, 5) is 6.91. The quantitative estimate of drug-likeness (QED) is 0.810. The van der Waals surface area contributed by atoms with Crippen molar-refractivity contribution in [1.82, 2.24) is 4.98 Å². The van der Waals surface area contributed by atoms with E-state index in [0.717, 1.165) is 48.3 Å². The number of allylic oxidation sites excluding steroid dienone is 1. The van der Waals surface area contributed by atoms with Crippen LogP contribution in [0.4, 0.5) is 14.6 Å². The molecule has 0 saturated carbocycles. The molecule has 0 atom stereocenters. The van der Waals surface area contributed by atoms with E-state index in [1.165, 1.54) is 5.56 Å². The molecule has 0 N–H and O–H groups in total. The van der Waals surface area contributed by atoms with E-state index in [4.69, 9.17) is 4.98 Å². The summed E-state index contributed by atoms with van der Waals surface area (Å²) in [5.41, 5.74) is 4.58.